The van der Waals surface area contributed by atoms with E-state index in [1.165, 1.54) is 10.9 Å². The number of nitrogens with zero attached hydrogens (tertiary/aromatic N) is 3. The van der Waals surface area contributed by atoms with E-state index in [9.17, 15) is 0 Å². The van der Waals surface area contributed by atoms with E-state index in [0.717, 1.165) is 30.3 Å². The molecule has 0 unspecified atom stereocenters. The Labute approximate surface area is 158 Å². The fraction of sp³-hybridized carbons (Fsp3) is 0.294. The summed E-state index contributed by atoms with van der Waals surface area (Å²) in [4.78, 5) is 13.9. The first-order valence-corrected chi connectivity index (χ1v) is 7.63. The lowest BCUT2D eigenvalue weighted by Crippen LogP contribution is -2.39. The van der Waals surface area contributed by atoms with E-state index in [4.69, 9.17) is 4.42 Å². The fourth-order valence-electron chi connectivity index (χ4n) is 2.62. The summed E-state index contributed by atoms with van der Waals surface area (Å²) in [6, 6.07) is 7.91. The number of rotatable bonds is 5. The molecule has 0 aliphatic carbocycles. The van der Waals surface area contributed by atoms with Gasteiger partial charge in [0.05, 0.1) is 12.8 Å². The minimum absolute atomic E-state index is 0. The second-order valence-corrected chi connectivity index (χ2v) is 5.37. The summed E-state index contributed by atoms with van der Waals surface area (Å²) < 4.78 is 5.37. The molecule has 0 fully saturated rings. The number of halogens is 1. The van der Waals surface area contributed by atoms with E-state index in [-0.39, 0.29) is 24.0 Å². The van der Waals surface area contributed by atoms with E-state index in [2.05, 4.69) is 26.3 Å². The normalized spacial score (nSPS) is 11.3. The van der Waals surface area contributed by atoms with Crippen LogP contribution in [0.15, 0.2) is 52.3 Å². The first-order valence-electron chi connectivity index (χ1n) is 7.63. The Kier molecular flexibility index (Phi) is 6.65. The molecule has 0 aliphatic heterocycles. The van der Waals surface area contributed by atoms with E-state index >= 15 is 0 Å². The number of furan rings is 1. The van der Waals surface area contributed by atoms with Gasteiger partial charge in [0.25, 0.3) is 0 Å². The van der Waals surface area contributed by atoms with Crippen molar-refractivity contribution in [2.45, 2.75) is 13.0 Å². The highest BCUT2D eigenvalue weighted by atomic mass is 127. The highest BCUT2D eigenvalue weighted by Gasteiger charge is 2.09. The predicted octanol–water partition coefficient (Wildman–Crippen LogP) is 3.02. The van der Waals surface area contributed by atoms with Crippen molar-refractivity contribution >= 4 is 41.0 Å². The van der Waals surface area contributed by atoms with Gasteiger partial charge in [-0.3, -0.25) is 4.99 Å². The van der Waals surface area contributed by atoms with Crippen molar-refractivity contribution in [3.05, 3.63) is 54.2 Å². The van der Waals surface area contributed by atoms with Crippen LogP contribution in [0.5, 0.6) is 0 Å². The van der Waals surface area contributed by atoms with Gasteiger partial charge in [-0.25, -0.2) is 4.98 Å². The number of hydrogen-bond donors (Lipinski definition) is 2. The predicted molar refractivity (Wildman–Crippen MR) is 107 cm³/mol. The van der Waals surface area contributed by atoms with Crippen LogP contribution in [0.2, 0.25) is 0 Å². The minimum atomic E-state index is 0. The molecule has 0 aliphatic rings. The Bertz CT molecular complexity index is 781. The van der Waals surface area contributed by atoms with Gasteiger partial charge in [0.1, 0.15) is 11.4 Å². The molecule has 6 nitrogen and oxygen atoms in total. The zero-order chi connectivity index (χ0) is 16.1. The molecule has 3 aromatic heterocycles. The van der Waals surface area contributed by atoms with Crippen molar-refractivity contribution in [1.82, 2.24) is 20.2 Å². The van der Waals surface area contributed by atoms with Crippen LogP contribution in [0.25, 0.3) is 11.0 Å². The maximum Gasteiger partial charge on any atom is 0.193 e. The van der Waals surface area contributed by atoms with Crippen molar-refractivity contribution in [2.75, 3.05) is 20.6 Å². The van der Waals surface area contributed by atoms with Crippen LogP contribution in [0.4, 0.5) is 0 Å². The van der Waals surface area contributed by atoms with Crippen molar-refractivity contribution < 1.29 is 4.42 Å². The minimum Gasteiger partial charge on any atom is -0.467 e. The summed E-state index contributed by atoms with van der Waals surface area (Å²) in [5.74, 6) is 1.76. The van der Waals surface area contributed by atoms with Crippen LogP contribution < -0.4 is 5.32 Å². The van der Waals surface area contributed by atoms with Crippen LogP contribution in [-0.4, -0.2) is 41.5 Å². The molecule has 3 aromatic rings. The molecule has 128 valence electrons. The summed E-state index contributed by atoms with van der Waals surface area (Å²) in [6.45, 7) is 1.49. The van der Waals surface area contributed by atoms with Crippen molar-refractivity contribution in [3.8, 4) is 0 Å². The lowest BCUT2D eigenvalue weighted by Gasteiger charge is -2.21. The Morgan fingerprint density at radius 1 is 1.38 bits per heavy atom. The average Bonchev–Trinajstić information content (AvgIpc) is 3.21. The Hall–Kier alpha value is -2.03. The van der Waals surface area contributed by atoms with Gasteiger partial charge >= 0.3 is 0 Å². The number of pyridine rings is 1. The molecule has 3 heterocycles. The number of aromatic nitrogens is 2. The zero-order valence-electron chi connectivity index (χ0n) is 13.8. The molecule has 0 saturated heterocycles. The molecule has 0 spiro atoms. The second kappa shape index (κ2) is 8.72. The summed E-state index contributed by atoms with van der Waals surface area (Å²) >= 11 is 0. The lowest BCUT2D eigenvalue weighted by atomic mass is 10.1. The first kappa shape index (κ1) is 18.3. The average molecular weight is 439 g/mol. The lowest BCUT2D eigenvalue weighted by molar-refractivity contribution is 0.400. The van der Waals surface area contributed by atoms with Crippen LogP contribution >= 0.6 is 24.0 Å². The summed E-state index contributed by atoms with van der Waals surface area (Å²) in [5.41, 5.74) is 2.19. The molecule has 0 radical (unpaired) electrons. The van der Waals surface area contributed by atoms with E-state index in [0.29, 0.717) is 6.54 Å². The van der Waals surface area contributed by atoms with Gasteiger partial charge in [0.15, 0.2) is 5.96 Å². The van der Waals surface area contributed by atoms with Gasteiger partial charge < -0.3 is 19.6 Å². The molecule has 0 atom stereocenters. The first-order chi connectivity index (χ1) is 11.3. The highest BCUT2D eigenvalue weighted by molar-refractivity contribution is 14.0. The van der Waals surface area contributed by atoms with E-state index in [1.54, 1.807) is 19.5 Å². The Morgan fingerprint density at radius 2 is 2.25 bits per heavy atom. The number of aromatic amines is 1. The van der Waals surface area contributed by atoms with Crippen LogP contribution in [0.1, 0.15) is 11.3 Å². The third-order valence-corrected chi connectivity index (χ3v) is 3.76. The number of aliphatic imine (C=N–C) groups is 1. The summed E-state index contributed by atoms with van der Waals surface area (Å²) in [6.07, 6.45) is 6.41. The monoisotopic (exact) mass is 439 g/mol. The molecule has 24 heavy (non-hydrogen) atoms. The van der Waals surface area contributed by atoms with Gasteiger partial charge in [-0.1, -0.05) is 0 Å². The third-order valence-electron chi connectivity index (χ3n) is 3.76. The number of fused-ring (bicyclic) bond motifs is 1. The fourth-order valence-corrected chi connectivity index (χ4v) is 2.62. The molecule has 0 aromatic carbocycles. The van der Waals surface area contributed by atoms with E-state index in [1.807, 2.05) is 36.3 Å². The van der Waals surface area contributed by atoms with Gasteiger partial charge in [0.2, 0.25) is 0 Å². The quantitative estimate of drug-likeness (QED) is 0.365. The van der Waals surface area contributed by atoms with Gasteiger partial charge in [-0.2, -0.15) is 0 Å². The van der Waals surface area contributed by atoms with Gasteiger partial charge in [-0.05, 0) is 36.2 Å². The molecular formula is C17H22IN5O. The number of nitrogens with one attached hydrogen (secondary N) is 2. The second-order valence-electron chi connectivity index (χ2n) is 5.37. The molecule has 3 rings (SSSR count). The highest BCUT2D eigenvalue weighted by Crippen LogP contribution is 2.15. The molecule has 0 amide bonds. The number of guanidine groups is 1. The standard InChI is InChI=1S/C17H21N5O.HI/c1-18-17(22(2)12-14-5-4-10-23-14)20-9-7-13-11-21-16-15(13)6-3-8-19-16;/h3-6,8,10-11H,7,9,12H2,1-2H3,(H,18,20)(H,19,21);1H. The molecular weight excluding hydrogens is 417 g/mol. The van der Waals surface area contributed by atoms with Crippen molar-refractivity contribution in [3.63, 3.8) is 0 Å². The smallest absolute Gasteiger partial charge is 0.193 e. The van der Waals surface area contributed by atoms with Crippen molar-refractivity contribution in [2.24, 2.45) is 4.99 Å². The largest absolute Gasteiger partial charge is 0.467 e. The SMILES string of the molecule is CN=C(NCCc1c[nH]c2ncccc12)N(C)Cc1ccco1.I. The third kappa shape index (κ3) is 4.28. The van der Waals surface area contributed by atoms with Crippen molar-refractivity contribution in [1.29, 1.82) is 0 Å². The van der Waals surface area contributed by atoms with E-state index < -0.39 is 0 Å². The zero-order valence-corrected chi connectivity index (χ0v) is 16.2. The Balaban J connectivity index is 0.00000208. The number of H-pyrrole nitrogens is 1. The summed E-state index contributed by atoms with van der Waals surface area (Å²) in [7, 11) is 3.78. The van der Waals surface area contributed by atoms with Crippen LogP contribution in [0, 0.1) is 0 Å². The van der Waals surface area contributed by atoms with Gasteiger partial charge in [-0.15, -0.1) is 24.0 Å². The molecule has 7 heteroatoms. The molecule has 0 saturated carbocycles. The Morgan fingerprint density at radius 3 is 3.00 bits per heavy atom. The maximum absolute atomic E-state index is 5.37. The van der Waals surface area contributed by atoms with Crippen LogP contribution in [-0.2, 0) is 13.0 Å². The molecule has 2 N–H and O–H groups in total. The number of hydrogen-bond acceptors (Lipinski definition) is 3. The summed E-state index contributed by atoms with van der Waals surface area (Å²) in [5, 5.41) is 4.56. The topological polar surface area (TPSA) is 69.5 Å². The maximum atomic E-state index is 5.37. The van der Waals surface area contributed by atoms with Gasteiger partial charge in [0, 0.05) is 38.4 Å². The van der Waals surface area contributed by atoms with Crippen LogP contribution in [0.3, 0.4) is 0 Å². The molecule has 0 bridgehead atoms.